The first-order valence-electron chi connectivity index (χ1n) is 8.88. The maximum absolute atomic E-state index is 12.5. The summed E-state index contributed by atoms with van der Waals surface area (Å²) in [4.78, 5) is 26.1. The van der Waals surface area contributed by atoms with Crippen LogP contribution < -0.4 is 14.8 Å². The fraction of sp³-hybridized carbons (Fsp3) is 0.333. The maximum atomic E-state index is 12.5. The van der Waals surface area contributed by atoms with Crippen molar-refractivity contribution in [1.29, 1.82) is 0 Å². The summed E-state index contributed by atoms with van der Waals surface area (Å²) in [5.74, 6) is 0.752. The summed E-state index contributed by atoms with van der Waals surface area (Å²) in [5, 5.41) is 2.86. The van der Waals surface area contributed by atoms with E-state index >= 15 is 0 Å². The first-order valence-corrected chi connectivity index (χ1v) is 8.88. The second-order valence-corrected chi connectivity index (χ2v) is 6.19. The van der Waals surface area contributed by atoms with Crippen molar-refractivity contribution >= 4 is 17.5 Å². The van der Waals surface area contributed by atoms with Gasteiger partial charge in [0.25, 0.3) is 5.91 Å². The van der Waals surface area contributed by atoms with E-state index in [0.29, 0.717) is 11.5 Å². The van der Waals surface area contributed by atoms with E-state index in [-0.39, 0.29) is 18.4 Å². The lowest BCUT2D eigenvalue weighted by Gasteiger charge is -2.22. The van der Waals surface area contributed by atoms with Crippen LogP contribution >= 0.6 is 0 Å². The number of carbonyl (C=O) groups is 2. The van der Waals surface area contributed by atoms with Gasteiger partial charge in [-0.25, -0.2) is 0 Å². The van der Waals surface area contributed by atoms with Crippen molar-refractivity contribution in [3.63, 3.8) is 0 Å². The van der Waals surface area contributed by atoms with Gasteiger partial charge < -0.3 is 19.7 Å². The van der Waals surface area contributed by atoms with Gasteiger partial charge in [0.1, 0.15) is 11.5 Å². The van der Waals surface area contributed by atoms with Gasteiger partial charge >= 0.3 is 0 Å². The van der Waals surface area contributed by atoms with Gasteiger partial charge in [-0.05, 0) is 49.2 Å². The Morgan fingerprint density at radius 3 is 2.33 bits per heavy atom. The summed E-state index contributed by atoms with van der Waals surface area (Å²) < 4.78 is 10.7. The average Bonchev–Trinajstić information content (AvgIpc) is 2.68. The highest BCUT2D eigenvalue weighted by Gasteiger charge is 2.21. The van der Waals surface area contributed by atoms with Crippen molar-refractivity contribution in [3.05, 3.63) is 54.1 Å². The van der Waals surface area contributed by atoms with Crippen LogP contribution in [0.15, 0.2) is 48.5 Å². The second-order valence-electron chi connectivity index (χ2n) is 6.19. The Hall–Kier alpha value is -3.02. The fourth-order valence-corrected chi connectivity index (χ4v) is 2.65. The molecule has 2 aromatic rings. The van der Waals surface area contributed by atoms with Gasteiger partial charge in [-0.2, -0.15) is 0 Å². The molecule has 0 aliphatic carbocycles. The number of benzene rings is 2. The molecule has 1 unspecified atom stereocenters. The van der Waals surface area contributed by atoms with Crippen molar-refractivity contribution in [2.45, 2.75) is 26.4 Å². The molecule has 0 heterocycles. The van der Waals surface area contributed by atoms with E-state index in [4.69, 9.17) is 9.47 Å². The van der Waals surface area contributed by atoms with E-state index in [1.807, 2.05) is 31.2 Å². The molecule has 0 spiro atoms. The molecule has 6 nitrogen and oxygen atoms in total. The molecule has 0 saturated carbocycles. The molecule has 0 saturated heterocycles. The normalized spacial score (nSPS) is 11.4. The van der Waals surface area contributed by atoms with Gasteiger partial charge in [0.2, 0.25) is 5.91 Å². The molecule has 0 aliphatic rings. The first-order chi connectivity index (χ1) is 12.9. The molecule has 2 aromatic carbocycles. The number of nitrogens with one attached hydrogen (secondary N) is 1. The van der Waals surface area contributed by atoms with Crippen LogP contribution in [0.1, 0.15) is 19.4 Å². The van der Waals surface area contributed by atoms with Gasteiger partial charge in [-0.15, -0.1) is 0 Å². The van der Waals surface area contributed by atoms with Crippen LogP contribution in [-0.4, -0.2) is 43.5 Å². The summed E-state index contributed by atoms with van der Waals surface area (Å²) in [5.41, 5.74) is 1.82. The predicted molar refractivity (Wildman–Crippen MR) is 105 cm³/mol. The van der Waals surface area contributed by atoms with E-state index < -0.39 is 6.10 Å². The van der Waals surface area contributed by atoms with Crippen LogP contribution in [0.5, 0.6) is 11.5 Å². The molecule has 0 radical (unpaired) electrons. The van der Waals surface area contributed by atoms with Crippen molar-refractivity contribution in [2.75, 3.05) is 26.0 Å². The van der Waals surface area contributed by atoms with Gasteiger partial charge in [-0.1, -0.05) is 25.1 Å². The highest BCUT2D eigenvalue weighted by Crippen LogP contribution is 2.19. The first kappa shape index (κ1) is 20.3. The van der Waals surface area contributed by atoms with E-state index in [1.165, 1.54) is 4.90 Å². The number of anilines is 1. The lowest BCUT2D eigenvalue weighted by molar-refractivity contribution is -0.139. The largest absolute Gasteiger partial charge is 0.497 e. The van der Waals surface area contributed by atoms with Gasteiger partial charge in [-0.3, -0.25) is 9.59 Å². The minimum Gasteiger partial charge on any atom is -0.497 e. The second kappa shape index (κ2) is 9.62. The zero-order valence-electron chi connectivity index (χ0n) is 16.2. The van der Waals surface area contributed by atoms with Crippen molar-refractivity contribution in [2.24, 2.45) is 0 Å². The average molecular weight is 370 g/mol. The number of likely N-dealkylation sites (N-methyl/N-ethyl adjacent to an activating group) is 1. The molecule has 1 atom stereocenters. The maximum Gasteiger partial charge on any atom is 0.263 e. The quantitative estimate of drug-likeness (QED) is 0.775. The summed E-state index contributed by atoms with van der Waals surface area (Å²) in [7, 11) is 3.17. The predicted octanol–water partition coefficient (Wildman–Crippen LogP) is 3.12. The minimum atomic E-state index is -0.709. The third-order valence-corrected chi connectivity index (χ3v) is 4.15. The highest BCUT2D eigenvalue weighted by molar-refractivity contribution is 5.95. The molecule has 27 heavy (non-hydrogen) atoms. The lowest BCUT2D eigenvalue weighted by Crippen LogP contribution is -2.42. The minimum absolute atomic E-state index is 0.0484. The number of rotatable bonds is 8. The van der Waals surface area contributed by atoms with Gasteiger partial charge in [0.05, 0.1) is 13.7 Å². The Labute approximate surface area is 160 Å². The topological polar surface area (TPSA) is 67.9 Å². The molecule has 1 N–H and O–H groups in total. The SMILES string of the molecule is CCc1ccccc1NC(=O)CN(C)C(=O)C(C)Oc1ccc(OC)cc1. The molecule has 144 valence electrons. The number of amides is 2. The molecule has 2 amide bonds. The van der Waals surface area contributed by atoms with Gasteiger partial charge in [0.15, 0.2) is 6.10 Å². The fourth-order valence-electron chi connectivity index (χ4n) is 2.65. The lowest BCUT2D eigenvalue weighted by atomic mass is 10.1. The molecule has 0 aliphatic heterocycles. The van der Waals surface area contributed by atoms with Crippen LogP contribution in [0.25, 0.3) is 0 Å². The number of aryl methyl sites for hydroxylation is 1. The highest BCUT2D eigenvalue weighted by atomic mass is 16.5. The number of para-hydroxylation sites is 1. The molecule has 0 aromatic heterocycles. The van der Waals surface area contributed by atoms with E-state index in [1.54, 1.807) is 45.3 Å². The molecule has 6 heteroatoms. The zero-order valence-corrected chi connectivity index (χ0v) is 16.2. The van der Waals surface area contributed by atoms with Gasteiger partial charge in [0, 0.05) is 12.7 Å². The van der Waals surface area contributed by atoms with Crippen LogP contribution in [-0.2, 0) is 16.0 Å². The number of hydrogen-bond donors (Lipinski definition) is 1. The number of carbonyl (C=O) groups excluding carboxylic acids is 2. The van der Waals surface area contributed by atoms with Crippen LogP contribution in [0, 0.1) is 0 Å². The molecule has 0 fully saturated rings. The Bertz CT molecular complexity index is 774. The Balaban J connectivity index is 1.90. The Kier molecular flexibility index (Phi) is 7.23. The number of hydrogen-bond acceptors (Lipinski definition) is 4. The van der Waals surface area contributed by atoms with Crippen molar-refractivity contribution in [1.82, 2.24) is 4.90 Å². The van der Waals surface area contributed by atoms with E-state index in [0.717, 1.165) is 17.7 Å². The summed E-state index contributed by atoms with van der Waals surface area (Å²) in [6.45, 7) is 3.64. The smallest absolute Gasteiger partial charge is 0.263 e. The van der Waals surface area contributed by atoms with Crippen LogP contribution in [0.4, 0.5) is 5.69 Å². The summed E-state index contributed by atoms with van der Waals surface area (Å²) >= 11 is 0. The number of nitrogens with zero attached hydrogens (tertiary/aromatic N) is 1. The van der Waals surface area contributed by atoms with E-state index in [9.17, 15) is 9.59 Å². The molecule has 0 bridgehead atoms. The molecular formula is C21H26N2O4. The van der Waals surface area contributed by atoms with E-state index in [2.05, 4.69) is 5.32 Å². The van der Waals surface area contributed by atoms with Crippen molar-refractivity contribution in [3.8, 4) is 11.5 Å². The zero-order chi connectivity index (χ0) is 19.8. The number of ether oxygens (including phenoxy) is 2. The third-order valence-electron chi connectivity index (χ3n) is 4.15. The molecule has 2 rings (SSSR count). The standard InChI is InChI=1S/C21H26N2O4/c1-5-16-8-6-7-9-19(16)22-20(24)14-23(3)21(25)15(2)27-18-12-10-17(26-4)11-13-18/h6-13,15H,5,14H2,1-4H3,(H,22,24). The Morgan fingerprint density at radius 1 is 1.07 bits per heavy atom. The van der Waals surface area contributed by atoms with Crippen LogP contribution in [0.3, 0.4) is 0 Å². The summed E-state index contributed by atoms with van der Waals surface area (Å²) in [6.07, 6.45) is 0.108. The Morgan fingerprint density at radius 2 is 1.70 bits per heavy atom. The monoisotopic (exact) mass is 370 g/mol. The summed E-state index contributed by atoms with van der Waals surface area (Å²) in [6, 6.07) is 14.6. The van der Waals surface area contributed by atoms with Crippen molar-refractivity contribution < 1.29 is 19.1 Å². The third kappa shape index (κ3) is 5.74. The molecular weight excluding hydrogens is 344 g/mol. The number of methoxy groups -OCH3 is 1. The van der Waals surface area contributed by atoms with Crippen LogP contribution in [0.2, 0.25) is 0 Å².